The van der Waals surface area contributed by atoms with Crippen molar-refractivity contribution in [1.82, 2.24) is 20.2 Å². The minimum absolute atomic E-state index is 0.00388. The van der Waals surface area contributed by atoms with Gasteiger partial charge in [0, 0.05) is 60.0 Å². The molecule has 4 aliphatic heterocycles. The number of aromatic hydroxyl groups is 1. The summed E-state index contributed by atoms with van der Waals surface area (Å²) in [6, 6.07) is 4.93. The quantitative estimate of drug-likeness (QED) is 0.167. The predicted molar refractivity (Wildman–Crippen MR) is 176 cm³/mol. The van der Waals surface area contributed by atoms with Gasteiger partial charge in [0.1, 0.15) is 35.3 Å². The molecule has 4 aliphatic rings. The SMILES string of the molecule is [2H]C([2H])([2H])C([2H])([2H])[C@@]12CC[C@@H](CN(c3nc(OC[C@@]45CCCN4CC(=C(F)F)C5)nc4c(F)c(-c5cc(O)cc6ccc(F)c(C#C)c56)c(F)cc34)C1)N2. The number of aromatic nitrogens is 2. The van der Waals surface area contributed by atoms with E-state index in [9.17, 15) is 18.3 Å². The highest BCUT2D eigenvalue weighted by atomic mass is 19.3. The summed E-state index contributed by atoms with van der Waals surface area (Å²) in [5.41, 5.74) is -4.04. The van der Waals surface area contributed by atoms with Crippen molar-refractivity contribution in [3.05, 3.63) is 65.0 Å². The van der Waals surface area contributed by atoms with Crippen molar-refractivity contribution in [2.24, 2.45) is 0 Å². The lowest BCUT2D eigenvalue weighted by Gasteiger charge is -2.42. The maximum absolute atomic E-state index is 17.1. The molecule has 0 aliphatic carbocycles. The monoisotopic (exact) mass is 680 g/mol. The molecule has 5 heterocycles. The third-order valence-corrected chi connectivity index (χ3v) is 10.6. The van der Waals surface area contributed by atoms with Crippen LogP contribution in [0, 0.1) is 29.8 Å². The van der Waals surface area contributed by atoms with Crippen molar-refractivity contribution in [1.29, 1.82) is 0 Å². The number of piperazine rings is 1. The van der Waals surface area contributed by atoms with Crippen molar-refractivity contribution in [3.63, 3.8) is 0 Å². The number of halogens is 5. The number of benzene rings is 3. The Hall–Kier alpha value is -4.47. The molecule has 3 atom stereocenters. The first-order valence-electron chi connectivity index (χ1n) is 18.5. The van der Waals surface area contributed by atoms with E-state index in [2.05, 4.69) is 21.2 Å². The normalized spacial score (nSPS) is 27.0. The lowest BCUT2D eigenvalue weighted by Crippen LogP contribution is -2.59. The first-order valence-corrected chi connectivity index (χ1v) is 16.0. The molecule has 0 amide bonds. The van der Waals surface area contributed by atoms with Gasteiger partial charge in [-0.2, -0.15) is 18.7 Å². The second-order valence-corrected chi connectivity index (χ2v) is 13.5. The van der Waals surface area contributed by atoms with E-state index in [1.165, 1.54) is 12.1 Å². The van der Waals surface area contributed by atoms with E-state index in [1.807, 2.05) is 4.90 Å². The summed E-state index contributed by atoms with van der Waals surface area (Å²) >= 11 is 0. The molecule has 4 fully saturated rings. The number of rotatable bonds is 6. The number of hydrogen-bond acceptors (Lipinski definition) is 7. The third-order valence-electron chi connectivity index (χ3n) is 10.6. The van der Waals surface area contributed by atoms with Crippen LogP contribution < -0.4 is 15.0 Å². The van der Waals surface area contributed by atoms with E-state index in [0.29, 0.717) is 19.4 Å². The number of terminal acetylenes is 1. The molecule has 0 unspecified atom stereocenters. The van der Waals surface area contributed by atoms with E-state index >= 15 is 8.78 Å². The van der Waals surface area contributed by atoms with E-state index in [4.69, 9.17) is 18.0 Å². The highest BCUT2D eigenvalue weighted by Gasteiger charge is 2.49. The average molecular weight is 681 g/mol. The van der Waals surface area contributed by atoms with Gasteiger partial charge in [0.05, 0.1) is 16.7 Å². The van der Waals surface area contributed by atoms with Crippen LogP contribution in [0.1, 0.15) is 57.7 Å². The summed E-state index contributed by atoms with van der Waals surface area (Å²) in [6.07, 6.45) is 3.07. The molecule has 49 heavy (non-hydrogen) atoms. The zero-order valence-corrected chi connectivity index (χ0v) is 26.1. The number of phenols is 1. The predicted octanol–water partition coefficient (Wildman–Crippen LogP) is 7.04. The van der Waals surface area contributed by atoms with Crippen molar-refractivity contribution >= 4 is 27.5 Å². The number of anilines is 1. The van der Waals surface area contributed by atoms with E-state index < -0.39 is 65.0 Å². The first kappa shape index (κ1) is 26.4. The lowest BCUT2D eigenvalue weighted by atomic mass is 9.92. The molecule has 12 heteroatoms. The molecule has 254 valence electrons. The minimum atomic E-state index is -3.02. The van der Waals surface area contributed by atoms with E-state index in [1.54, 1.807) is 4.90 Å². The Bertz CT molecular complexity index is 2320. The van der Waals surface area contributed by atoms with Crippen molar-refractivity contribution in [2.45, 2.75) is 62.4 Å². The van der Waals surface area contributed by atoms with Crippen LogP contribution in [0.15, 0.2) is 42.0 Å². The van der Waals surface area contributed by atoms with Gasteiger partial charge in [-0.1, -0.05) is 18.8 Å². The maximum Gasteiger partial charge on any atom is 0.319 e. The van der Waals surface area contributed by atoms with Crippen LogP contribution in [-0.2, 0) is 0 Å². The Morgan fingerprint density at radius 3 is 2.86 bits per heavy atom. The highest BCUT2D eigenvalue weighted by Crippen LogP contribution is 2.45. The van der Waals surface area contributed by atoms with E-state index in [-0.39, 0.29) is 89.5 Å². The second-order valence-electron chi connectivity index (χ2n) is 13.5. The molecule has 4 aromatic rings. The van der Waals surface area contributed by atoms with Crippen LogP contribution in [-0.4, -0.2) is 69.9 Å². The molecule has 3 aromatic carbocycles. The Labute approximate surface area is 286 Å². The number of nitrogens with one attached hydrogen (secondary N) is 1. The molecule has 8 rings (SSSR count). The largest absolute Gasteiger partial charge is 0.508 e. The number of ether oxygens (including phenoxy) is 1. The molecule has 0 saturated carbocycles. The highest BCUT2D eigenvalue weighted by molar-refractivity contribution is 6.04. The summed E-state index contributed by atoms with van der Waals surface area (Å²) in [5, 5.41) is 13.8. The van der Waals surface area contributed by atoms with Crippen LogP contribution in [0.4, 0.5) is 27.8 Å². The zero-order chi connectivity index (χ0) is 38.5. The molecule has 0 radical (unpaired) electrons. The number of nitrogens with zero attached hydrogens (tertiary/aromatic N) is 4. The fraction of sp³-hybridized carbons (Fsp3) is 0.405. The van der Waals surface area contributed by atoms with Gasteiger partial charge in [-0.25, -0.2) is 13.2 Å². The Morgan fingerprint density at radius 1 is 1.20 bits per heavy atom. The molecule has 1 aromatic heterocycles. The fourth-order valence-corrected chi connectivity index (χ4v) is 8.31. The number of fused-ring (bicyclic) bond motifs is 5. The summed E-state index contributed by atoms with van der Waals surface area (Å²) in [7, 11) is 0. The smallest absolute Gasteiger partial charge is 0.319 e. The van der Waals surface area contributed by atoms with Crippen LogP contribution in [0.5, 0.6) is 11.8 Å². The molecule has 2 bridgehead atoms. The maximum atomic E-state index is 17.1. The summed E-state index contributed by atoms with van der Waals surface area (Å²) in [5.74, 6) is -1.39. The van der Waals surface area contributed by atoms with Crippen LogP contribution in [0.3, 0.4) is 0 Å². The Morgan fingerprint density at radius 2 is 2.06 bits per heavy atom. The van der Waals surface area contributed by atoms with Gasteiger partial charge < -0.3 is 20.1 Å². The van der Waals surface area contributed by atoms with Crippen molar-refractivity contribution in [3.8, 4) is 35.2 Å². The van der Waals surface area contributed by atoms with Gasteiger partial charge >= 0.3 is 6.01 Å². The van der Waals surface area contributed by atoms with Gasteiger partial charge in [0.15, 0.2) is 5.82 Å². The number of hydrogen-bond donors (Lipinski definition) is 2. The topological polar surface area (TPSA) is 73.8 Å². The van der Waals surface area contributed by atoms with Gasteiger partial charge in [0.25, 0.3) is 6.08 Å². The van der Waals surface area contributed by atoms with Crippen LogP contribution in [0.2, 0.25) is 0 Å². The summed E-state index contributed by atoms with van der Waals surface area (Å²) < 4.78 is 124. The first-order chi connectivity index (χ1) is 25.5. The fourth-order valence-electron chi connectivity index (χ4n) is 8.31. The standard InChI is InChI=1S/C37H34F5N5O2/c1-3-24-27(38)7-6-20-12-23(48)13-25(29(20)24)30-28(39)14-26-32(31(30)40)43-35(44-34(26)46-17-22-8-10-36(4-2,18-46)45-22)49-19-37-9-5-11-47(37)16-21(15-37)33(41)42/h1,6-7,12-14,22,45,48H,4-5,8-11,15-19H2,2H3/t22-,36+,37-/m0/s1/i2D3,4D2. The Kier molecular flexibility index (Phi) is 6.23. The summed E-state index contributed by atoms with van der Waals surface area (Å²) in [4.78, 5) is 12.4. The molecule has 4 saturated heterocycles. The molecular weight excluding hydrogens is 641 g/mol. The van der Waals surface area contributed by atoms with Crippen LogP contribution in [0.25, 0.3) is 32.8 Å². The average Bonchev–Trinajstić information content (AvgIpc) is 3.77. The van der Waals surface area contributed by atoms with Gasteiger partial charge in [0.2, 0.25) is 0 Å². The summed E-state index contributed by atoms with van der Waals surface area (Å²) in [6.45, 7) is -2.60. The van der Waals surface area contributed by atoms with Crippen molar-refractivity contribution < 1.29 is 38.6 Å². The van der Waals surface area contributed by atoms with Gasteiger partial charge in [-0.05, 0) is 74.7 Å². The van der Waals surface area contributed by atoms with Crippen LogP contribution >= 0.6 is 0 Å². The third kappa shape index (κ3) is 5.08. The molecule has 0 spiro atoms. The van der Waals surface area contributed by atoms with Gasteiger partial charge in [-0.3, -0.25) is 4.90 Å². The lowest BCUT2D eigenvalue weighted by molar-refractivity contribution is 0.108. The number of phenolic OH excluding ortho intramolecular Hbond substituents is 1. The molecule has 2 N–H and O–H groups in total. The molecule has 7 nitrogen and oxygen atoms in total. The van der Waals surface area contributed by atoms with Crippen molar-refractivity contribution in [2.75, 3.05) is 37.7 Å². The minimum Gasteiger partial charge on any atom is -0.508 e. The zero-order valence-electron chi connectivity index (χ0n) is 31.1. The Balaban J connectivity index is 1.31. The van der Waals surface area contributed by atoms with Gasteiger partial charge in [-0.15, -0.1) is 6.42 Å². The van der Waals surface area contributed by atoms with E-state index in [0.717, 1.165) is 24.6 Å². The second kappa shape index (κ2) is 11.6. The molecular formula is C37H34F5N5O2.